The van der Waals surface area contributed by atoms with Gasteiger partial charge in [-0.3, -0.25) is 4.79 Å². The molecular weight excluding hydrogens is 342 g/mol. The number of amides is 1. The van der Waals surface area contributed by atoms with Gasteiger partial charge in [-0.25, -0.2) is 14.6 Å². The topological polar surface area (TPSA) is 80.0 Å². The number of rotatable bonds is 4. The summed E-state index contributed by atoms with van der Waals surface area (Å²) in [4.78, 5) is 25.1. The number of nitrogens with zero attached hydrogens (tertiary/aromatic N) is 7. The molecule has 3 heterocycles. The number of hydrogen-bond donors (Lipinski definition) is 0. The molecule has 0 aliphatic carbocycles. The Kier molecular flexibility index (Phi) is 4.70. The molecule has 1 aliphatic heterocycles. The van der Waals surface area contributed by atoms with E-state index in [2.05, 4.69) is 37.3 Å². The van der Waals surface area contributed by atoms with E-state index in [1.165, 1.54) is 0 Å². The predicted octanol–water partition coefficient (Wildman–Crippen LogP) is 1.57. The first-order chi connectivity index (χ1) is 13.1. The van der Waals surface area contributed by atoms with Crippen LogP contribution in [0.4, 0.5) is 5.82 Å². The summed E-state index contributed by atoms with van der Waals surface area (Å²) in [7, 11) is 0. The molecule has 8 nitrogen and oxygen atoms in total. The van der Waals surface area contributed by atoms with Crippen LogP contribution in [0.25, 0.3) is 11.2 Å². The van der Waals surface area contributed by atoms with Crippen molar-refractivity contribution in [2.45, 2.75) is 20.4 Å². The molecule has 1 aromatic carbocycles. The van der Waals surface area contributed by atoms with Gasteiger partial charge in [0.05, 0.1) is 6.54 Å². The fourth-order valence-corrected chi connectivity index (χ4v) is 3.38. The van der Waals surface area contributed by atoms with Crippen LogP contribution in [0.5, 0.6) is 0 Å². The van der Waals surface area contributed by atoms with Crippen molar-refractivity contribution < 1.29 is 4.79 Å². The quantitative estimate of drug-likeness (QED) is 0.698. The number of benzene rings is 1. The molecule has 27 heavy (non-hydrogen) atoms. The van der Waals surface area contributed by atoms with Gasteiger partial charge in [0.15, 0.2) is 17.0 Å². The molecule has 3 aromatic rings. The van der Waals surface area contributed by atoms with Crippen molar-refractivity contribution in [1.82, 2.24) is 29.9 Å². The van der Waals surface area contributed by atoms with E-state index in [-0.39, 0.29) is 11.8 Å². The molecule has 0 unspecified atom stereocenters. The lowest BCUT2D eigenvalue weighted by Gasteiger charge is -2.36. The lowest BCUT2D eigenvalue weighted by molar-refractivity contribution is -0.134. The molecule has 4 rings (SSSR count). The van der Waals surface area contributed by atoms with Gasteiger partial charge in [0, 0.05) is 32.1 Å². The first-order valence-electron chi connectivity index (χ1n) is 9.25. The summed E-state index contributed by atoms with van der Waals surface area (Å²) >= 11 is 0. The summed E-state index contributed by atoms with van der Waals surface area (Å²) in [5, 5.41) is 8.62. The largest absolute Gasteiger partial charge is 0.351 e. The van der Waals surface area contributed by atoms with Crippen LogP contribution in [-0.2, 0) is 11.3 Å². The lowest BCUT2D eigenvalue weighted by Crippen LogP contribution is -2.50. The summed E-state index contributed by atoms with van der Waals surface area (Å²) < 4.78 is 1.80. The highest BCUT2D eigenvalue weighted by Gasteiger charge is 2.25. The Morgan fingerprint density at radius 2 is 1.81 bits per heavy atom. The molecule has 0 saturated carbocycles. The van der Waals surface area contributed by atoms with Gasteiger partial charge >= 0.3 is 0 Å². The molecule has 1 amide bonds. The SMILES string of the molecule is CC(C)C(=O)N1CCN(c2ncnc3c2nnn3Cc2ccccc2)CC1. The second-order valence-corrected chi connectivity index (χ2v) is 7.07. The molecule has 0 radical (unpaired) electrons. The van der Waals surface area contributed by atoms with Crippen LogP contribution in [0.3, 0.4) is 0 Å². The summed E-state index contributed by atoms with van der Waals surface area (Å²) in [6.07, 6.45) is 1.56. The van der Waals surface area contributed by atoms with Crippen molar-refractivity contribution >= 4 is 22.9 Å². The van der Waals surface area contributed by atoms with E-state index in [1.54, 1.807) is 11.0 Å². The second-order valence-electron chi connectivity index (χ2n) is 7.07. The van der Waals surface area contributed by atoms with Gasteiger partial charge in [-0.05, 0) is 5.56 Å². The fraction of sp³-hybridized carbons (Fsp3) is 0.421. The zero-order valence-corrected chi connectivity index (χ0v) is 15.6. The normalized spacial score (nSPS) is 14.9. The third-order valence-corrected chi connectivity index (χ3v) is 4.84. The van der Waals surface area contributed by atoms with Gasteiger partial charge in [-0.1, -0.05) is 49.4 Å². The van der Waals surface area contributed by atoms with E-state index in [1.807, 2.05) is 36.9 Å². The van der Waals surface area contributed by atoms with E-state index in [0.29, 0.717) is 25.2 Å². The standard InChI is InChI=1S/C19H23N7O/c1-14(2)19(27)25-10-8-24(9-11-25)17-16-18(21-13-20-17)26(23-22-16)12-15-6-4-3-5-7-15/h3-7,13-14H,8-12H2,1-2H3. The molecule has 0 spiro atoms. The van der Waals surface area contributed by atoms with E-state index in [0.717, 1.165) is 30.1 Å². The number of hydrogen-bond acceptors (Lipinski definition) is 6. The average molecular weight is 365 g/mol. The minimum Gasteiger partial charge on any atom is -0.351 e. The summed E-state index contributed by atoms with van der Waals surface area (Å²) in [6.45, 7) is 7.35. The summed E-state index contributed by atoms with van der Waals surface area (Å²) in [6, 6.07) is 10.1. The van der Waals surface area contributed by atoms with Crippen molar-refractivity contribution in [3.63, 3.8) is 0 Å². The molecule has 0 N–H and O–H groups in total. The van der Waals surface area contributed by atoms with E-state index in [9.17, 15) is 4.79 Å². The maximum Gasteiger partial charge on any atom is 0.225 e. The Labute approximate surface area is 157 Å². The van der Waals surface area contributed by atoms with E-state index < -0.39 is 0 Å². The van der Waals surface area contributed by atoms with Gasteiger partial charge in [0.1, 0.15) is 6.33 Å². The van der Waals surface area contributed by atoms with Crippen molar-refractivity contribution in [2.75, 3.05) is 31.1 Å². The van der Waals surface area contributed by atoms with E-state index >= 15 is 0 Å². The number of fused-ring (bicyclic) bond motifs is 1. The zero-order valence-electron chi connectivity index (χ0n) is 15.6. The van der Waals surface area contributed by atoms with Gasteiger partial charge in [0.25, 0.3) is 0 Å². The highest BCUT2D eigenvalue weighted by Crippen LogP contribution is 2.22. The molecular formula is C19H23N7O. The maximum atomic E-state index is 12.2. The minimum absolute atomic E-state index is 0.0280. The van der Waals surface area contributed by atoms with Crippen LogP contribution in [0.2, 0.25) is 0 Å². The summed E-state index contributed by atoms with van der Waals surface area (Å²) in [5.41, 5.74) is 2.58. The van der Waals surface area contributed by atoms with Crippen LogP contribution < -0.4 is 4.90 Å². The maximum absolute atomic E-state index is 12.2. The highest BCUT2D eigenvalue weighted by molar-refractivity contribution is 5.83. The second kappa shape index (κ2) is 7.30. The molecule has 0 atom stereocenters. The monoisotopic (exact) mass is 365 g/mol. The predicted molar refractivity (Wildman–Crippen MR) is 102 cm³/mol. The highest BCUT2D eigenvalue weighted by atomic mass is 16.2. The van der Waals surface area contributed by atoms with Gasteiger partial charge in [-0.15, -0.1) is 5.10 Å². The van der Waals surface area contributed by atoms with Crippen molar-refractivity contribution in [3.05, 3.63) is 42.2 Å². The number of carbonyl (C=O) groups is 1. The van der Waals surface area contributed by atoms with Crippen molar-refractivity contribution in [2.24, 2.45) is 5.92 Å². The van der Waals surface area contributed by atoms with Crippen LogP contribution >= 0.6 is 0 Å². The summed E-state index contributed by atoms with van der Waals surface area (Å²) in [5.74, 6) is 1.02. The molecule has 1 fully saturated rings. The first kappa shape index (κ1) is 17.4. The molecule has 2 aromatic heterocycles. The molecule has 140 valence electrons. The Bertz CT molecular complexity index is 930. The van der Waals surface area contributed by atoms with Crippen LogP contribution in [0.1, 0.15) is 19.4 Å². The van der Waals surface area contributed by atoms with Crippen LogP contribution in [-0.4, -0.2) is 61.9 Å². The molecule has 0 bridgehead atoms. The number of carbonyl (C=O) groups excluding carboxylic acids is 1. The Morgan fingerprint density at radius 1 is 1.07 bits per heavy atom. The Balaban J connectivity index is 1.55. The van der Waals surface area contributed by atoms with Gasteiger partial charge in [-0.2, -0.15) is 0 Å². The molecule has 1 aliphatic rings. The van der Waals surface area contributed by atoms with Gasteiger partial charge in [0.2, 0.25) is 5.91 Å². The fourth-order valence-electron chi connectivity index (χ4n) is 3.38. The average Bonchev–Trinajstić information content (AvgIpc) is 3.11. The van der Waals surface area contributed by atoms with Crippen LogP contribution in [0.15, 0.2) is 36.7 Å². The Hall–Kier alpha value is -3.03. The zero-order chi connectivity index (χ0) is 18.8. The number of aromatic nitrogens is 5. The Morgan fingerprint density at radius 3 is 2.52 bits per heavy atom. The van der Waals surface area contributed by atoms with Crippen LogP contribution in [0, 0.1) is 5.92 Å². The van der Waals surface area contributed by atoms with Crippen molar-refractivity contribution in [1.29, 1.82) is 0 Å². The minimum atomic E-state index is 0.0280. The molecule has 1 saturated heterocycles. The third kappa shape index (κ3) is 3.47. The number of piperazine rings is 1. The van der Waals surface area contributed by atoms with E-state index in [4.69, 9.17) is 0 Å². The molecule has 8 heteroatoms. The lowest BCUT2D eigenvalue weighted by atomic mass is 10.1. The van der Waals surface area contributed by atoms with Crippen molar-refractivity contribution in [3.8, 4) is 0 Å². The smallest absolute Gasteiger partial charge is 0.225 e. The first-order valence-corrected chi connectivity index (χ1v) is 9.25. The van der Waals surface area contributed by atoms with Gasteiger partial charge < -0.3 is 9.80 Å². The number of anilines is 1. The third-order valence-electron chi connectivity index (χ3n) is 4.84.